The summed E-state index contributed by atoms with van der Waals surface area (Å²) in [5, 5.41) is 17.4. The second-order valence-corrected chi connectivity index (χ2v) is 5.25. The number of aliphatic hydroxyl groups is 1. The Balaban J connectivity index is 2.58. The molecule has 2 aromatic rings. The van der Waals surface area contributed by atoms with Crippen molar-refractivity contribution in [3.8, 4) is 0 Å². The minimum Gasteiger partial charge on any atom is -0.394 e. The molecule has 1 unspecified atom stereocenters. The van der Waals surface area contributed by atoms with E-state index in [1.165, 1.54) is 0 Å². The number of aromatic nitrogens is 3. The number of rotatable bonds is 2. The fraction of sp³-hybridized carbons (Fsp3) is 0.500. The lowest BCUT2D eigenvalue weighted by Gasteiger charge is -2.16. The maximum atomic E-state index is 9.07. The van der Waals surface area contributed by atoms with Crippen LogP contribution in [0.15, 0.2) is 18.3 Å². The highest BCUT2D eigenvalue weighted by atomic mass is 16.3. The summed E-state index contributed by atoms with van der Waals surface area (Å²) < 4.78 is 1.94. The van der Waals surface area contributed by atoms with Crippen LogP contribution in [0.5, 0.6) is 0 Å². The third kappa shape index (κ3) is 2.16. The summed E-state index contributed by atoms with van der Waals surface area (Å²) in [5.41, 5.74) is 7.40. The summed E-state index contributed by atoms with van der Waals surface area (Å²) in [6.45, 7) is 6.19. The van der Waals surface area contributed by atoms with Crippen molar-refractivity contribution in [3.05, 3.63) is 29.7 Å². The highest BCUT2D eigenvalue weighted by molar-refractivity contribution is 5.41. The molecule has 0 aromatic carbocycles. The van der Waals surface area contributed by atoms with E-state index in [0.29, 0.717) is 0 Å². The first-order chi connectivity index (χ1) is 7.93. The zero-order valence-corrected chi connectivity index (χ0v) is 10.4. The molecule has 0 spiro atoms. The van der Waals surface area contributed by atoms with E-state index in [9.17, 15) is 0 Å². The average Bonchev–Trinajstić information content (AvgIpc) is 2.70. The highest BCUT2D eigenvalue weighted by Crippen LogP contribution is 2.22. The number of hydrogen-bond acceptors (Lipinski definition) is 4. The van der Waals surface area contributed by atoms with Gasteiger partial charge in [0.05, 0.1) is 12.6 Å². The van der Waals surface area contributed by atoms with Crippen LogP contribution in [0.4, 0.5) is 0 Å². The van der Waals surface area contributed by atoms with Crippen LogP contribution >= 0.6 is 0 Å². The molecule has 5 heteroatoms. The predicted molar refractivity (Wildman–Crippen MR) is 65.7 cm³/mol. The molecule has 0 aliphatic rings. The van der Waals surface area contributed by atoms with Crippen molar-refractivity contribution in [3.63, 3.8) is 0 Å². The molecule has 0 radical (unpaired) electrons. The molecule has 2 rings (SSSR count). The Labute approximate surface area is 100 Å². The van der Waals surface area contributed by atoms with E-state index in [1.54, 1.807) is 0 Å². The molecular weight excluding hydrogens is 216 g/mol. The third-order valence-corrected chi connectivity index (χ3v) is 2.72. The molecule has 0 amide bonds. The lowest BCUT2D eigenvalue weighted by atomic mass is 9.96. The molecule has 1 atom stereocenters. The van der Waals surface area contributed by atoms with Gasteiger partial charge in [-0.15, -0.1) is 10.2 Å². The molecule has 5 nitrogen and oxygen atoms in total. The first-order valence-electron chi connectivity index (χ1n) is 5.65. The fourth-order valence-electron chi connectivity index (χ4n) is 1.74. The van der Waals surface area contributed by atoms with Crippen LogP contribution in [0, 0.1) is 0 Å². The van der Waals surface area contributed by atoms with Crippen LogP contribution in [0.25, 0.3) is 5.65 Å². The van der Waals surface area contributed by atoms with Crippen molar-refractivity contribution in [2.45, 2.75) is 32.2 Å². The second-order valence-electron chi connectivity index (χ2n) is 5.25. The molecule has 0 saturated heterocycles. The number of hydrogen-bond donors (Lipinski definition) is 2. The molecule has 0 saturated carbocycles. The van der Waals surface area contributed by atoms with Gasteiger partial charge in [0.15, 0.2) is 5.65 Å². The number of fused-ring (bicyclic) bond motifs is 1. The van der Waals surface area contributed by atoms with Crippen molar-refractivity contribution >= 4 is 5.65 Å². The zero-order chi connectivity index (χ0) is 12.6. The maximum absolute atomic E-state index is 9.07. The van der Waals surface area contributed by atoms with Gasteiger partial charge in [0, 0.05) is 11.6 Å². The molecule has 3 N–H and O–H groups in total. The van der Waals surface area contributed by atoms with Crippen LogP contribution in [0.3, 0.4) is 0 Å². The third-order valence-electron chi connectivity index (χ3n) is 2.72. The van der Waals surface area contributed by atoms with Gasteiger partial charge in [-0.2, -0.15) is 0 Å². The summed E-state index contributed by atoms with van der Waals surface area (Å²) in [5.74, 6) is 0.888. The quantitative estimate of drug-likeness (QED) is 0.813. The number of nitrogens with zero attached hydrogens (tertiary/aromatic N) is 3. The summed E-state index contributed by atoms with van der Waals surface area (Å²) in [6, 6.07) is 3.37. The highest BCUT2D eigenvalue weighted by Gasteiger charge is 2.21. The predicted octanol–water partition coefficient (Wildman–Crippen LogP) is 1.02. The van der Waals surface area contributed by atoms with Gasteiger partial charge >= 0.3 is 0 Å². The SMILES string of the molecule is CC(C)(C)c1nnc2ccc(C(N)CO)cn12. The summed E-state index contributed by atoms with van der Waals surface area (Å²) in [4.78, 5) is 0. The van der Waals surface area contributed by atoms with E-state index >= 15 is 0 Å². The minimum atomic E-state index is -0.366. The second kappa shape index (κ2) is 4.09. The van der Waals surface area contributed by atoms with Crippen molar-refractivity contribution in [2.75, 3.05) is 6.61 Å². The van der Waals surface area contributed by atoms with Gasteiger partial charge in [-0.3, -0.25) is 4.40 Å². The Hall–Kier alpha value is -1.46. The average molecular weight is 234 g/mol. The molecule has 17 heavy (non-hydrogen) atoms. The van der Waals surface area contributed by atoms with Gasteiger partial charge in [-0.05, 0) is 11.6 Å². The standard InChI is InChI=1S/C12H18N4O/c1-12(2,3)11-15-14-10-5-4-8(6-16(10)11)9(13)7-17/h4-6,9,17H,7,13H2,1-3H3. The monoisotopic (exact) mass is 234 g/mol. The van der Waals surface area contributed by atoms with E-state index in [0.717, 1.165) is 17.0 Å². The van der Waals surface area contributed by atoms with Crippen LogP contribution in [-0.4, -0.2) is 26.3 Å². The Morgan fingerprint density at radius 2 is 2.06 bits per heavy atom. The molecule has 2 heterocycles. The summed E-state index contributed by atoms with van der Waals surface area (Å²) in [7, 11) is 0. The Morgan fingerprint density at radius 1 is 1.35 bits per heavy atom. The van der Waals surface area contributed by atoms with Gasteiger partial charge in [-0.1, -0.05) is 26.8 Å². The first-order valence-corrected chi connectivity index (χ1v) is 5.65. The van der Waals surface area contributed by atoms with Gasteiger partial charge in [-0.25, -0.2) is 0 Å². The van der Waals surface area contributed by atoms with E-state index < -0.39 is 0 Å². The van der Waals surface area contributed by atoms with Crippen molar-refractivity contribution in [1.82, 2.24) is 14.6 Å². The Bertz CT molecular complexity index is 527. The maximum Gasteiger partial charge on any atom is 0.160 e. The minimum absolute atomic E-state index is 0.0709. The molecule has 92 valence electrons. The van der Waals surface area contributed by atoms with Gasteiger partial charge in [0.1, 0.15) is 5.82 Å². The van der Waals surface area contributed by atoms with Gasteiger partial charge < -0.3 is 10.8 Å². The largest absolute Gasteiger partial charge is 0.394 e. The molecular formula is C12H18N4O. The summed E-state index contributed by atoms with van der Waals surface area (Å²) in [6.07, 6.45) is 1.90. The van der Waals surface area contributed by atoms with Gasteiger partial charge in [0.25, 0.3) is 0 Å². The smallest absolute Gasteiger partial charge is 0.160 e. The van der Waals surface area contributed by atoms with Crippen LogP contribution in [0.1, 0.15) is 38.2 Å². The Kier molecular flexibility index (Phi) is 2.89. The van der Waals surface area contributed by atoms with Crippen LogP contribution in [-0.2, 0) is 5.41 Å². The van der Waals surface area contributed by atoms with E-state index in [4.69, 9.17) is 10.8 Å². The van der Waals surface area contributed by atoms with Crippen molar-refractivity contribution < 1.29 is 5.11 Å². The molecule has 0 fully saturated rings. The molecule has 2 aromatic heterocycles. The topological polar surface area (TPSA) is 76.4 Å². The number of pyridine rings is 1. The number of aliphatic hydroxyl groups excluding tert-OH is 1. The lowest BCUT2D eigenvalue weighted by Crippen LogP contribution is -2.18. The van der Waals surface area contributed by atoms with E-state index in [1.807, 2.05) is 22.7 Å². The van der Waals surface area contributed by atoms with Gasteiger partial charge in [0.2, 0.25) is 0 Å². The van der Waals surface area contributed by atoms with Crippen LogP contribution < -0.4 is 5.73 Å². The first kappa shape index (κ1) is 12.0. The lowest BCUT2D eigenvalue weighted by molar-refractivity contribution is 0.267. The Morgan fingerprint density at radius 3 is 2.65 bits per heavy atom. The van der Waals surface area contributed by atoms with Crippen molar-refractivity contribution in [2.24, 2.45) is 5.73 Å². The molecule has 0 aliphatic heterocycles. The normalized spacial score (nSPS) is 14.2. The van der Waals surface area contributed by atoms with E-state index in [2.05, 4.69) is 31.0 Å². The molecule has 0 bridgehead atoms. The summed E-state index contributed by atoms with van der Waals surface area (Å²) >= 11 is 0. The zero-order valence-electron chi connectivity index (χ0n) is 10.4. The molecule has 0 aliphatic carbocycles. The fourth-order valence-corrected chi connectivity index (χ4v) is 1.74. The van der Waals surface area contributed by atoms with E-state index in [-0.39, 0.29) is 18.1 Å². The van der Waals surface area contributed by atoms with Crippen LogP contribution in [0.2, 0.25) is 0 Å². The number of nitrogens with two attached hydrogens (primary N) is 1. The van der Waals surface area contributed by atoms with Crippen molar-refractivity contribution in [1.29, 1.82) is 0 Å².